The summed E-state index contributed by atoms with van der Waals surface area (Å²) >= 11 is 0. The van der Waals surface area contributed by atoms with Gasteiger partial charge in [-0.2, -0.15) is 0 Å². The van der Waals surface area contributed by atoms with E-state index in [1.165, 1.54) is 6.07 Å². The van der Waals surface area contributed by atoms with Crippen LogP contribution in [0.25, 0.3) is 22.3 Å². The van der Waals surface area contributed by atoms with Gasteiger partial charge in [0.1, 0.15) is 11.4 Å². The summed E-state index contributed by atoms with van der Waals surface area (Å²) in [5.41, 5.74) is 3.44. The van der Waals surface area contributed by atoms with Crippen molar-refractivity contribution in [2.45, 2.75) is 26.3 Å². The molecule has 1 aliphatic heterocycles. The number of amides is 1. The molecular weight excluding hydrogens is 392 g/mol. The van der Waals surface area contributed by atoms with E-state index < -0.39 is 5.91 Å². The number of para-hydroxylation sites is 1. The second kappa shape index (κ2) is 7.36. The molecule has 5 rings (SSSR count). The zero-order chi connectivity index (χ0) is 21.5. The largest absolute Gasteiger partial charge is 0.346 e. The Morgan fingerprint density at radius 1 is 1.13 bits per heavy atom. The van der Waals surface area contributed by atoms with Crippen LogP contribution in [0.3, 0.4) is 0 Å². The highest BCUT2D eigenvalue weighted by atomic mass is 16.2. The summed E-state index contributed by atoms with van der Waals surface area (Å²) in [4.78, 5) is 44.9. The number of carbonyl (C=O) groups is 1. The maximum Gasteiger partial charge on any atom is 0.261 e. The molecule has 0 unspecified atom stereocenters. The fraction of sp³-hybridized carbons (Fsp3) is 0.167. The van der Waals surface area contributed by atoms with Crippen molar-refractivity contribution in [1.29, 1.82) is 0 Å². The van der Waals surface area contributed by atoms with E-state index in [4.69, 9.17) is 0 Å². The van der Waals surface area contributed by atoms with Crippen LogP contribution in [0, 0.1) is 6.92 Å². The Morgan fingerprint density at radius 2 is 1.97 bits per heavy atom. The van der Waals surface area contributed by atoms with Gasteiger partial charge in [0.2, 0.25) is 5.43 Å². The molecule has 2 N–H and O–H groups in total. The van der Waals surface area contributed by atoms with Crippen LogP contribution in [0.4, 0.5) is 5.69 Å². The van der Waals surface area contributed by atoms with Crippen LogP contribution in [0.5, 0.6) is 0 Å². The normalized spacial score (nSPS) is 12.7. The predicted octanol–water partition coefficient (Wildman–Crippen LogP) is 3.26. The first-order valence-electron chi connectivity index (χ1n) is 10.1. The maximum atomic E-state index is 13.0. The smallest absolute Gasteiger partial charge is 0.261 e. The van der Waals surface area contributed by atoms with Gasteiger partial charge in [-0.15, -0.1) is 0 Å². The molecule has 0 spiro atoms. The summed E-state index contributed by atoms with van der Waals surface area (Å²) in [7, 11) is 0. The third-order valence-corrected chi connectivity index (χ3v) is 5.53. The Bertz CT molecular complexity index is 1470. The number of aromatic amines is 1. The summed E-state index contributed by atoms with van der Waals surface area (Å²) in [5, 5.41) is 3.38. The highest BCUT2D eigenvalue weighted by molar-refractivity contribution is 6.06. The van der Waals surface area contributed by atoms with Gasteiger partial charge in [0.25, 0.3) is 11.5 Å². The summed E-state index contributed by atoms with van der Waals surface area (Å²) in [6, 6.07) is 14.1. The van der Waals surface area contributed by atoms with Crippen LogP contribution in [-0.4, -0.2) is 20.4 Å². The van der Waals surface area contributed by atoms with Gasteiger partial charge in [-0.3, -0.25) is 14.4 Å². The van der Waals surface area contributed by atoms with Gasteiger partial charge in [-0.05, 0) is 43.5 Å². The summed E-state index contributed by atoms with van der Waals surface area (Å²) in [5.74, 6) is -0.0432. The van der Waals surface area contributed by atoms with E-state index in [9.17, 15) is 14.4 Å². The lowest BCUT2D eigenvalue weighted by molar-refractivity contribution is 0.102. The predicted molar refractivity (Wildman–Crippen MR) is 120 cm³/mol. The van der Waals surface area contributed by atoms with Gasteiger partial charge < -0.3 is 14.9 Å². The first-order valence-corrected chi connectivity index (χ1v) is 10.1. The number of pyridine rings is 1. The molecule has 0 bridgehead atoms. The number of nitrogens with zero attached hydrogens (tertiary/aromatic N) is 2. The van der Waals surface area contributed by atoms with Crippen molar-refractivity contribution in [3.8, 4) is 11.4 Å². The quantitative estimate of drug-likeness (QED) is 0.540. The lowest BCUT2D eigenvalue weighted by atomic mass is 9.99. The standard InChI is InChI=1S/C24H20N4O3/c1-14-11-20(29)27-23(25-14)16-6-2-8-17(12-16)26-24(31)19-13-28-10-4-7-15-5-3-9-18(21(15)28)22(19)30/h2-3,5-6,8-9,11-13H,4,7,10H2,1H3,(H,26,31)(H,25,27,29). The fourth-order valence-electron chi connectivity index (χ4n) is 4.18. The van der Waals surface area contributed by atoms with Crippen LogP contribution in [0.1, 0.15) is 28.0 Å². The minimum Gasteiger partial charge on any atom is -0.346 e. The number of aromatic nitrogens is 3. The molecule has 1 amide bonds. The average Bonchev–Trinajstić information content (AvgIpc) is 2.75. The number of benzene rings is 2. The molecule has 2 aromatic heterocycles. The topological polar surface area (TPSA) is 96.9 Å². The molecule has 31 heavy (non-hydrogen) atoms. The van der Waals surface area contributed by atoms with Crippen molar-refractivity contribution >= 4 is 22.5 Å². The van der Waals surface area contributed by atoms with Crippen LogP contribution in [0.15, 0.2) is 64.3 Å². The molecule has 2 aromatic carbocycles. The Morgan fingerprint density at radius 3 is 2.81 bits per heavy atom. The number of hydrogen-bond donors (Lipinski definition) is 2. The Hall–Kier alpha value is -4.00. The Balaban J connectivity index is 1.52. The molecule has 0 saturated carbocycles. The molecule has 4 aromatic rings. The van der Waals surface area contributed by atoms with Gasteiger partial charge in [-0.25, -0.2) is 4.98 Å². The number of aryl methyl sites for hydroxylation is 3. The molecule has 7 heteroatoms. The van der Waals surface area contributed by atoms with E-state index in [2.05, 4.69) is 15.3 Å². The summed E-state index contributed by atoms with van der Waals surface area (Å²) in [6.45, 7) is 2.52. The number of H-pyrrole nitrogens is 1. The third-order valence-electron chi connectivity index (χ3n) is 5.53. The van der Waals surface area contributed by atoms with Crippen molar-refractivity contribution in [2.75, 3.05) is 5.32 Å². The molecule has 7 nitrogen and oxygen atoms in total. The molecule has 154 valence electrons. The van der Waals surface area contributed by atoms with Crippen LogP contribution in [0.2, 0.25) is 0 Å². The first-order chi connectivity index (χ1) is 15.0. The van der Waals surface area contributed by atoms with Gasteiger partial charge in [0.15, 0.2) is 0 Å². The van der Waals surface area contributed by atoms with Gasteiger partial charge in [-0.1, -0.05) is 24.3 Å². The summed E-state index contributed by atoms with van der Waals surface area (Å²) in [6.07, 6.45) is 3.57. The van der Waals surface area contributed by atoms with Gasteiger partial charge in [0, 0.05) is 41.1 Å². The minimum absolute atomic E-state index is 0.110. The van der Waals surface area contributed by atoms with E-state index in [1.54, 1.807) is 43.5 Å². The number of rotatable bonds is 3. The molecule has 0 atom stereocenters. The number of carbonyl (C=O) groups excluding carboxylic acids is 1. The van der Waals surface area contributed by atoms with Crippen LogP contribution in [-0.2, 0) is 13.0 Å². The monoisotopic (exact) mass is 412 g/mol. The lowest BCUT2D eigenvalue weighted by Crippen LogP contribution is -2.25. The highest BCUT2D eigenvalue weighted by Gasteiger charge is 2.19. The SMILES string of the molecule is Cc1cc(=O)[nH]c(-c2cccc(NC(=O)c3cn4c5c(cccc5c3=O)CCC4)c2)n1. The maximum absolute atomic E-state index is 13.0. The van der Waals surface area contributed by atoms with E-state index >= 15 is 0 Å². The fourth-order valence-corrected chi connectivity index (χ4v) is 4.18. The molecule has 0 saturated heterocycles. The molecular formula is C24H20N4O3. The minimum atomic E-state index is -0.463. The van der Waals surface area contributed by atoms with E-state index in [-0.39, 0.29) is 16.6 Å². The van der Waals surface area contributed by atoms with E-state index in [1.807, 2.05) is 16.7 Å². The molecule has 0 fully saturated rings. The highest BCUT2D eigenvalue weighted by Crippen LogP contribution is 2.24. The zero-order valence-electron chi connectivity index (χ0n) is 16.9. The second-order valence-electron chi connectivity index (χ2n) is 7.75. The van der Waals surface area contributed by atoms with Gasteiger partial charge in [0.05, 0.1) is 5.52 Å². The second-order valence-corrected chi connectivity index (χ2v) is 7.75. The third kappa shape index (κ3) is 3.44. The number of nitrogens with one attached hydrogen (secondary N) is 2. The van der Waals surface area contributed by atoms with Crippen molar-refractivity contribution in [3.63, 3.8) is 0 Å². The van der Waals surface area contributed by atoms with Gasteiger partial charge >= 0.3 is 0 Å². The van der Waals surface area contributed by atoms with E-state index in [0.717, 1.165) is 30.5 Å². The van der Waals surface area contributed by atoms with Crippen LogP contribution >= 0.6 is 0 Å². The lowest BCUT2D eigenvalue weighted by Gasteiger charge is -2.20. The first kappa shape index (κ1) is 19.0. The molecule has 3 heterocycles. The molecule has 0 radical (unpaired) electrons. The van der Waals surface area contributed by atoms with E-state index in [0.29, 0.717) is 28.2 Å². The van der Waals surface area contributed by atoms with Crippen molar-refractivity contribution in [1.82, 2.24) is 14.5 Å². The molecule has 0 aliphatic carbocycles. The molecule has 1 aliphatic rings. The van der Waals surface area contributed by atoms with Crippen LogP contribution < -0.4 is 16.3 Å². The van der Waals surface area contributed by atoms with Crippen molar-refractivity contribution in [3.05, 3.63) is 92.1 Å². The number of anilines is 1. The Kier molecular flexibility index (Phi) is 4.51. The Labute approximate surface area is 177 Å². The zero-order valence-corrected chi connectivity index (χ0v) is 16.9. The number of hydrogen-bond acceptors (Lipinski definition) is 4. The summed E-state index contributed by atoms with van der Waals surface area (Å²) < 4.78 is 2.00. The average molecular weight is 412 g/mol. The van der Waals surface area contributed by atoms with Crippen molar-refractivity contribution < 1.29 is 4.79 Å². The van der Waals surface area contributed by atoms with Crippen molar-refractivity contribution in [2.24, 2.45) is 0 Å².